The largest absolute Gasteiger partial charge is 0.391 e. The zero-order chi connectivity index (χ0) is 15.2. The molecule has 0 radical (unpaired) electrons. The van der Waals surface area contributed by atoms with Crippen molar-refractivity contribution in [2.75, 3.05) is 6.54 Å². The number of aliphatic hydroxyl groups excluding tert-OH is 1. The first-order chi connectivity index (χ1) is 10.1. The number of para-hydroxylation sites is 1. The summed E-state index contributed by atoms with van der Waals surface area (Å²) < 4.78 is 1.18. The first kappa shape index (κ1) is 15.9. The van der Waals surface area contributed by atoms with Gasteiger partial charge >= 0.3 is 0 Å². The number of hydrogen-bond donors (Lipinski definition) is 2. The highest BCUT2D eigenvalue weighted by Gasteiger charge is 2.21. The first-order valence-corrected chi connectivity index (χ1v) is 8.12. The highest BCUT2D eigenvalue weighted by Crippen LogP contribution is 2.34. The number of nitrogens with zero attached hydrogens (tertiary/aromatic N) is 1. The Balaban J connectivity index is 2.16. The molecule has 0 aliphatic carbocycles. The molecule has 0 aliphatic heterocycles. The molecule has 0 saturated carbocycles. The van der Waals surface area contributed by atoms with E-state index in [-0.39, 0.29) is 5.92 Å². The lowest BCUT2D eigenvalue weighted by Crippen LogP contribution is -2.27. The van der Waals surface area contributed by atoms with E-state index >= 15 is 0 Å². The van der Waals surface area contributed by atoms with Crippen LogP contribution in [0.25, 0.3) is 10.2 Å². The molecule has 0 fully saturated rings. The van der Waals surface area contributed by atoms with Crippen LogP contribution in [-0.4, -0.2) is 29.1 Å². The van der Waals surface area contributed by atoms with Crippen LogP contribution in [0, 0.1) is 5.92 Å². The summed E-state index contributed by atoms with van der Waals surface area (Å²) in [5.74, 6) is 0.763. The number of aromatic nitrogens is 1. The van der Waals surface area contributed by atoms with Gasteiger partial charge in [-0.1, -0.05) is 26.0 Å². The Morgan fingerprint density at radius 1 is 1.33 bits per heavy atom. The summed E-state index contributed by atoms with van der Waals surface area (Å²) in [7, 11) is 0. The number of thiazole rings is 1. The molecule has 2 unspecified atom stereocenters. The van der Waals surface area contributed by atoms with Gasteiger partial charge in [-0.3, -0.25) is 4.79 Å². The van der Waals surface area contributed by atoms with E-state index in [1.165, 1.54) is 4.70 Å². The monoisotopic (exact) mass is 306 g/mol. The van der Waals surface area contributed by atoms with Gasteiger partial charge in [0.25, 0.3) is 0 Å². The fourth-order valence-electron chi connectivity index (χ4n) is 2.53. The fraction of sp³-hybridized carbons (Fsp3) is 0.500. The molecule has 0 saturated heterocycles. The molecule has 21 heavy (non-hydrogen) atoms. The van der Waals surface area contributed by atoms with Crippen LogP contribution in [0.4, 0.5) is 0 Å². The van der Waals surface area contributed by atoms with E-state index in [1.807, 2.05) is 18.2 Å². The molecular formula is C16H22N2O2S. The van der Waals surface area contributed by atoms with Gasteiger partial charge in [0, 0.05) is 12.5 Å². The van der Waals surface area contributed by atoms with E-state index in [0.717, 1.165) is 16.9 Å². The summed E-state index contributed by atoms with van der Waals surface area (Å²) in [6.45, 7) is 4.65. The third kappa shape index (κ3) is 4.51. The molecule has 1 aromatic heterocycles. The van der Waals surface area contributed by atoms with Gasteiger partial charge < -0.3 is 10.4 Å². The van der Waals surface area contributed by atoms with Gasteiger partial charge in [-0.2, -0.15) is 0 Å². The maximum absolute atomic E-state index is 10.3. The molecule has 114 valence electrons. The number of nitrogens with one attached hydrogen (secondary N) is 1. The Labute approximate surface area is 129 Å². The highest BCUT2D eigenvalue weighted by molar-refractivity contribution is 7.18. The van der Waals surface area contributed by atoms with Crippen LogP contribution in [0.15, 0.2) is 24.3 Å². The Morgan fingerprint density at radius 2 is 2.10 bits per heavy atom. The number of carbonyl (C=O) groups excluding carboxylic acids is 1. The molecule has 1 amide bonds. The predicted octanol–water partition coefficient (Wildman–Crippen LogP) is 2.92. The second-order valence-electron chi connectivity index (χ2n) is 5.76. The molecule has 0 aliphatic rings. The minimum Gasteiger partial charge on any atom is -0.391 e. The third-order valence-corrected chi connectivity index (χ3v) is 4.61. The lowest BCUT2D eigenvalue weighted by molar-refractivity contribution is -0.110. The Kier molecular flexibility index (Phi) is 5.70. The number of amides is 1. The number of aliphatic hydroxyl groups is 1. The minimum absolute atomic E-state index is 0.228. The molecule has 1 aromatic carbocycles. The first-order valence-electron chi connectivity index (χ1n) is 7.30. The van der Waals surface area contributed by atoms with Gasteiger partial charge in [-0.05, 0) is 30.9 Å². The molecule has 2 N–H and O–H groups in total. The summed E-state index contributed by atoms with van der Waals surface area (Å²) in [6.07, 6.45) is 1.70. The Hall–Kier alpha value is -1.46. The molecule has 1 heterocycles. The number of rotatable bonds is 8. The van der Waals surface area contributed by atoms with Crippen molar-refractivity contribution >= 4 is 28.0 Å². The van der Waals surface area contributed by atoms with Crippen LogP contribution >= 0.6 is 11.3 Å². The van der Waals surface area contributed by atoms with Crippen molar-refractivity contribution in [3.63, 3.8) is 0 Å². The quantitative estimate of drug-likeness (QED) is 0.737. The molecular weight excluding hydrogens is 284 g/mol. The molecule has 2 rings (SSSR count). The van der Waals surface area contributed by atoms with Crippen molar-refractivity contribution in [3.8, 4) is 0 Å². The second-order valence-corrected chi connectivity index (χ2v) is 6.82. The van der Waals surface area contributed by atoms with Crippen LogP contribution in [-0.2, 0) is 4.79 Å². The van der Waals surface area contributed by atoms with Gasteiger partial charge in [0.15, 0.2) is 0 Å². The summed E-state index contributed by atoms with van der Waals surface area (Å²) >= 11 is 1.70. The summed E-state index contributed by atoms with van der Waals surface area (Å²) in [4.78, 5) is 15.0. The SMILES string of the molecule is CC(C)CC(CC(O)CNC=O)c1nc2ccccc2s1. The van der Waals surface area contributed by atoms with E-state index < -0.39 is 6.10 Å². The standard InChI is InChI=1S/C16H22N2O2S/c1-11(2)7-12(8-13(20)9-17-10-19)16-18-14-5-3-4-6-15(14)21-16/h3-6,10-13,20H,7-9H2,1-2H3,(H,17,19). The lowest BCUT2D eigenvalue weighted by Gasteiger charge is -2.20. The molecule has 0 spiro atoms. The van der Waals surface area contributed by atoms with Crippen molar-refractivity contribution in [2.45, 2.75) is 38.7 Å². The predicted molar refractivity (Wildman–Crippen MR) is 86.5 cm³/mol. The van der Waals surface area contributed by atoms with Gasteiger partial charge in [0.2, 0.25) is 6.41 Å². The normalized spacial score (nSPS) is 14.3. The highest BCUT2D eigenvalue weighted by atomic mass is 32.1. The fourth-order valence-corrected chi connectivity index (χ4v) is 3.62. The van der Waals surface area contributed by atoms with Crippen molar-refractivity contribution in [3.05, 3.63) is 29.3 Å². The smallest absolute Gasteiger partial charge is 0.207 e. The number of benzene rings is 1. The zero-order valence-electron chi connectivity index (χ0n) is 12.5. The molecule has 5 heteroatoms. The van der Waals surface area contributed by atoms with Crippen LogP contribution in [0.5, 0.6) is 0 Å². The maximum Gasteiger partial charge on any atom is 0.207 e. The second kappa shape index (κ2) is 7.52. The maximum atomic E-state index is 10.3. The van der Waals surface area contributed by atoms with Crippen LogP contribution < -0.4 is 5.32 Å². The topological polar surface area (TPSA) is 62.2 Å². The van der Waals surface area contributed by atoms with Gasteiger partial charge in [0.1, 0.15) is 0 Å². The van der Waals surface area contributed by atoms with Gasteiger partial charge in [-0.25, -0.2) is 4.98 Å². The molecule has 2 atom stereocenters. The van der Waals surface area contributed by atoms with Crippen LogP contribution in [0.2, 0.25) is 0 Å². The number of hydrogen-bond acceptors (Lipinski definition) is 4. The van der Waals surface area contributed by atoms with E-state index in [1.54, 1.807) is 11.3 Å². The summed E-state index contributed by atoms with van der Waals surface area (Å²) in [6, 6.07) is 8.11. The van der Waals surface area contributed by atoms with E-state index in [9.17, 15) is 9.90 Å². The molecule has 2 aromatic rings. The number of carbonyl (C=O) groups is 1. The summed E-state index contributed by atoms with van der Waals surface area (Å²) in [5, 5.41) is 13.7. The van der Waals surface area contributed by atoms with Crippen LogP contribution in [0.3, 0.4) is 0 Å². The van der Waals surface area contributed by atoms with Crippen molar-refractivity contribution in [1.29, 1.82) is 0 Å². The zero-order valence-corrected chi connectivity index (χ0v) is 13.3. The molecule has 0 bridgehead atoms. The Morgan fingerprint density at radius 3 is 2.76 bits per heavy atom. The van der Waals surface area contributed by atoms with E-state index in [4.69, 9.17) is 4.98 Å². The van der Waals surface area contributed by atoms with Crippen LogP contribution in [0.1, 0.15) is 37.6 Å². The van der Waals surface area contributed by atoms with Gasteiger partial charge in [-0.15, -0.1) is 11.3 Å². The lowest BCUT2D eigenvalue weighted by atomic mass is 9.92. The van der Waals surface area contributed by atoms with E-state index in [2.05, 4.69) is 25.2 Å². The van der Waals surface area contributed by atoms with Crippen molar-refractivity contribution in [1.82, 2.24) is 10.3 Å². The van der Waals surface area contributed by atoms with Crippen molar-refractivity contribution in [2.24, 2.45) is 5.92 Å². The summed E-state index contributed by atoms with van der Waals surface area (Å²) in [5.41, 5.74) is 1.02. The minimum atomic E-state index is -0.536. The number of fused-ring (bicyclic) bond motifs is 1. The van der Waals surface area contributed by atoms with Gasteiger partial charge in [0.05, 0.1) is 21.3 Å². The van der Waals surface area contributed by atoms with E-state index in [0.29, 0.717) is 25.3 Å². The third-order valence-electron chi connectivity index (χ3n) is 3.41. The Bertz CT molecular complexity index is 549. The van der Waals surface area contributed by atoms with Crippen molar-refractivity contribution < 1.29 is 9.90 Å². The average molecular weight is 306 g/mol. The average Bonchev–Trinajstić information content (AvgIpc) is 2.87. The molecule has 4 nitrogen and oxygen atoms in total.